The monoisotopic (exact) mass is 534 g/mol. The lowest BCUT2D eigenvalue weighted by atomic mass is 9.95. The molecule has 0 bridgehead atoms. The van der Waals surface area contributed by atoms with Crippen molar-refractivity contribution < 1.29 is 39.9 Å². The second-order valence-corrected chi connectivity index (χ2v) is 12.5. The highest BCUT2D eigenvalue weighted by Crippen LogP contribution is 2.54. The summed E-state index contributed by atoms with van der Waals surface area (Å²) in [4.78, 5) is 12.0. The Bertz CT molecular complexity index is 1340. The summed E-state index contributed by atoms with van der Waals surface area (Å²) < 4.78 is 86.6. The number of amides is 1. The van der Waals surface area contributed by atoms with Crippen LogP contribution in [0.15, 0.2) is 47.4 Å². The molecule has 1 aliphatic rings. The fraction of sp³-hybridized carbons (Fsp3) is 0.409. The molecule has 35 heavy (non-hydrogen) atoms. The lowest BCUT2D eigenvalue weighted by molar-refractivity contribution is -0.123. The van der Waals surface area contributed by atoms with Crippen LogP contribution in [0.1, 0.15) is 43.0 Å². The van der Waals surface area contributed by atoms with Crippen molar-refractivity contribution in [2.24, 2.45) is 5.92 Å². The van der Waals surface area contributed by atoms with Crippen molar-refractivity contribution >= 4 is 31.5 Å². The number of nitrogens with one attached hydrogen (secondary N) is 2. The molecule has 192 valence electrons. The van der Waals surface area contributed by atoms with Gasteiger partial charge in [-0.05, 0) is 48.7 Å². The van der Waals surface area contributed by atoms with Gasteiger partial charge in [0.1, 0.15) is 0 Å². The summed E-state index contributed by atoms with van der Waals surface area (Å²) in [6.07, 6.45) is 1.41. The number of aliphatic hydroxyl groups is 1. The van der Waals surface area contributed by atoms with Gasteiger partial charge < -0.3 is 10.4 Å². The third kappa shape index (κ3) is 5.62. The number of hydrogen-bond donors (Lipinski definition) is 3. The SMILES string of the molecule is CC(NC(=O)C1CC1(C)c1ccc(S(=O)(=O)C(F)(F)F)cc1)c1ccc(NS(C)(=O)=O)c(CO)c1. The quantitative estimate of drug-likeness (QED) is 0.478. The zero-order valence-corrected chi connectivity index (χ0v) is 20.7. The molecule has 1 amide bonds. The Morgan fingerprint density at radius 2 is 1.74 bits per heavy atom. The van der Waals surface area contributed by atoms with E-state index in [0.29, 0.717) is 23.1 Å². The van der Waals surface area contributed by atoms with Crippen molar-refractivity contribution in [2.75, 3.05) is 11.0 Å². The Morgan fingerprint density at radius 1 is 1.14 bits per heavy atom. The minimum absolute atomic E-state index is 0.225. The summed E-state index contributed by atoms with van der Waals surface area (Å²) in [6, 6.07) is 8.55. The number of aliphatic hydroxyl groups excluding tert-OH is 1. The van der Waals surface area contributed by atoms with Crippen molar-refractivity contribution in [3.63, 3.8) is 0 Å². The molecular weight excluding hydrogens is 509 g/mol. The average molecular weight is 535 g/mol. The van der Waals surface area contributed by atoms with Gasteiger partial charge in [-0.25, -0.2) is 16.8 Å². The van der Waals surface area contributed by atoms with Gasteiger partial charge in [0.05, 0.1) is 29.5 Å². The van der Waals surface area contributed by atoms with E-state index in [2.05, 4.69) is 10.0 Å². The van der Waals surface area contributed by atoms with Crippen LogP contribution < -0.4 is 10.0 Å². The van der Waals surface area contributed by atoms with Crippen LogP contribution in [0.5, 0.6) is 0 Å². The van der Waals surface area contributed by atoms with Crippen molar-refractivity contribution in [1.29, 1.82) is 0 Å². The molecule has 0 aromatic heterocycles. The number of carbonyl (C=O) groups excluding carboxylic acids is 1. The predicted molar refractivity (Wildman–Crippen MR) is 123 cm³/mol. The molecule has 8 nitrogen and oxygen atoms in total. The molecule has 3 atom stereocenters. The highest BCUT2D eigenvalue weighted by atomic mass is 32.2. The van der Waals surface area contributed by atoms with Gasteiger partial charge in [0, 0.05) is 16.9 Å². The minimum Gasteiger partial charge on any atom is -0.392 e. The number of halogens is 3. The molecule has 2 aromatic carbocycles. The zero-order chi connectivity index (χ0) is 26.4. The lowest BCUT2D eigenvalue weighted by Crippen LogP contribution is -2.30. The molecule has 1 aliphatic carbocycles. The van der Waals surface area contributed by atoms with Crippen LogP contribution in [0, 0.1) is 5.92 Å². The van der Waals surface area contributed by atoms with Crippen molar-refractivity contribution in [1.82, 2.24) is 5.32 Å². The molecule has 0 heterocycles. The molecule has 1 fully saturated rings. The van der Waals surface area contributed by atoms with Gasteiger partial charge in [-0.3, -0.25) is 9.52 Å². The number of rotatable bonds is 8. The molecule has 0 aliphatic heterocycles. The largest absolute Gasteiger partial charge is 0.501 e. The van der Waals surface area contributed by atoms with Crippen molar-refractivity contribution in [3.8, 4) is 0 Å². The smallest absolute Gasteiger partial charge is 0.392 e. The molecule has 3 N–H and O–H groups in total. The van der Waals surface area contributed by atoms with Crippen molar-refractivity contribution in [2.45, 2.75) is 48.7 Å². The summed E-state index contributed by atoms with van der Waals surface area (Å²) in [6.45, 7) is 3.06. The summed E-state index contributed by atoms with van der Waals surface area (Å²) in [5.74, 6) is -0.769. The van der Waals surface area contributed by atoms with E-state index < -0.39 is 54.2 Å². The first-order valence-electron chi connectivity index (χ1n) is 10.4. The van der Waals surface area contributed by atoms with E-state index in [9.17, 15) is 39.9 Å². The third-order valence-corrected chi connectivity index (χ3v) is 8.23. The number of hydrogen-bond acceptors (Lipinski definition) is 6. The Balaban J connectivity index is 1.71. The summed E-state index contributed by atoms with van der Waals surface area (Å²) >= 11 is 0. The standard InChI is InChI=1S/C22H25F3N2O6S2/c1-13(14-4-9-19(15(10-14)12-28)27-34(3,30)31)26-20(29)18-11-21(18,2)16-5-7-17(8-6-16)35(32,33)22(23,24)25/h4-10,13,18,27-28H,11-12H2,1-3H3,(H,26,29). The maximum atomic E-state index is 12.8. The topological polar surface area (TPSA) is 130 Å². The van der Waals surface area contributed by atoms with Crippen LogP contribution in [-0.4, -0.2) is 39.6 Å². The van der Waals surface area contributed by atoms with Crippen LogP contribution in [0.4, 0.5) is 18.9 Å². The normalized spacial score (nSPS) is 21.3. The maximum Gasteiger partial charge on any atom is 0.501 e. The molecule has 0 spiro atoms. The summed E-state index contributed by atoms with van der Waals surface area (Å²) in [5, 5.41) is 12.4. The van der Waals surface area contributed by atoms with Gasteiger partial charge in [0.25, 0.3) is 9.84 Å². The van der Waals surface area contributed by atoms with Gasteiger partial charge in [0.2, 0.25) is 15.9 Å². The van der Waals surface area contributed by atoms with Crippen LogP contribution in [0.25, 0.3) is 0 Å². The van der Waals surface area contributed by atoms with E-state index in [0.717, 1.165) is 18.4 Å². The van der Waals surface area contributed by atoms with Crippen LogP contribution in [-0.2, 0) is 36.7 Å². The molecule has 0 radical (unpaired) electrons. The van der Waals surface area contributed by atoms with Gasteiger partial charge in [-0.1, -0.05) is 25.1 Å². The number of alkyl halides is 3. The number of carbonyl (C=O) groups is 1. The van der Waals surface area contributed by atoms with E-state index in [-0.39, 0.29) is 11.6 Å². The fourth-order valence-electron chi connectivity index (χ4n) is 3.93. The Kier molecular flexibility index (Phi) is 7.01. The Labute approximate surface area is 201 Å². The highest BCUT2D eigenvalue weighted by Gasteiger charge is 2.56. The first-order valence-corrected chi connectivity index (χ1v) is 13.8. The predicted octanol–water partition coefficient (Wildman–Crippen LogP) is 3.00. The summed E-state index contributed by atoms with van der Waals surface area (Å²) in [5.41, 5.74) is -4.33. The fourth-order valence-corrected chi connectivity index (χ4v) is 5.29. The van der Waals surface area contributed by atoms with E-state index in [1.807, 2.05) is 0 Å². The second-order valence-electron chi connectivity index (χ2n) is 8.83. The second kappa shape index (κ2) is 9.10. The van der Waals surface area contributed by atoms with Gasteiger partial charge in [-0.2, -0.15) is 13.2 Å². The zero-order valence-electron chi connectivity index (χ0n) is 19.0. The van der Waals surface area contributed by atoms with Gasteiger partial charge in [-0.15, -0.1) is 0 Å². The van der Waals surface area contributed by atoms with Gasteiger partial charge >= 0.3 is 5.51 Å². The minimum atomic E-state index is -5.45. The molecule has 0 saturated heterocycles. The third-order valence-electron chi connectivity index (χ3n) is 6.14. The molecule has 1 saturated carbocycles. The lowest BCUT2D eigenvalue weighted by Gasteiger charge is -2.18. The Hall–Kier alpha value is -2.64. The van der Waals surface area contributed by atoms with E-state index in [1.54, 1.807) is 26.0 Å². The van der Waals surface area contributed by atoms with E-state index >= 15 is 0 Å². The van der Waals surface area contributed by atoms with Crippen LogP contribution in [0.3, 0.4) is 0 Å². The Morgan fingerprint density at radius 3 is 2.26 bits per heavy atom. The van der Waals surface area contributed by atoms with Crippen molar-refractivity contribution in [3.05, 3.63) is 59.2 Å². The van der Waals surface area contributed by atoms with Crippen LogP contribution in [0.2, 0.25) is 0 Å². The van der Waals surface area contributed by atoms with E-state index in [1.165, 1.54) is 18.2 Å². The maximum absolute atomic E-state index is 12.8. The van der Waals surface area contributed by atoms with Crippen LogP contribution >= 0.6 is 0 Å². The first kappa shape index (κ1) is 27.0. The molecular formula is C22H25F3N2O6S2. The highest BCUT2D eigenvalue weighted by molar-refractivity contribution is 7.92. The first-order chi connectivity index (χ1) is 16.0. The van der Waals surface area contributed by atoms with Gasteiger partial charge in [0.15, 0.2) is 0 Å². The molecule has 3 unspecified atom stereocenters. The molecule has 3 rings (SSSR count). The van der Waals surface area contributed by atoms with E-state index in [4.69, 9.17) is 0 Å². The number of anilines is 1. The summed E-state index contributed by atoms with van der Waals surface area (Å²) in [7, 11) is -8.99. The molecule has 13 heteroatoms. The number of benzene rings is 2. The number of sulfone groups is 1. The molecule has 2 aromatic rings. The number of sulfonamides is 1. The average Bonchev–Trinajstić information content (AvgIpc) is 3.45.